The third-order valence-electron chi connectivity index (χ3n) is 6.16. The quantitative estimate of drug-likeness (QED) is 0.216. The van der Waals surface area contributed by atoms with Crippen molar-refractivity contribution >= 4 is 23.3 Å². The summed E-state index contributed by atoms with van der Waals surface area (Å²) in [5, 5.41) is 2.88. The summed E-state index contributed by atoms with van der Waals surface area (Å²) in [4.78, 5) is 24.4. The van der Waals surface area contributed by atoms with Crippen LogP contribution in [0.5, 0.6) is 0 Å². The Labute approximate surface area is 186 Å². The van der Waals surface area contributed by atoms with Gasteiger partial charge in [-0.25, -0.2) is 0 Å². The van der Waals surface area contributed by atoms with Crippen molar-refractivity contribution in [2.24, 2.45) is 0 Å². The van der Waals surface area contributed by atoms with Gasteiger partial charge in [0.25, 0.3) is 0 Å². The molecule has 30 heavy (non-hydrogen) atoms. The summed E-state index contributed by atoms with van der Waals surface area (Å²) < 4.78 is 11.2. The Kier molecular flexibility index (Phi) is 11.1. The van der Waals surface area contributed by atoms with Crippen LogP contribution in [0.25, 0.3) is 0 Å². The zero-order valence-corrected chi connectivity index (χ0v) is 19.3. The van der Waals surface area contributed by atoms with Crippen molar-refractivity contribution in [3.8, 4) is 0 Å². The van der Waals surface area contributed by atoms with Gasteiger partial charge in [-0.3, -0.25) is 9.59 Å². The van der Waals surface area contributed by atoms with Gasteiger partial charge >= 0.3 is 0 Å². The first kappa shape index (κ1) is 25.1. The third-order valence-corrected chi connectivity index (χ3v) is 6.42. The van der Waals surface area contributed by atoms with E-state index in [1.807, 2.05) is 6.08 Å². The van der Waals surface area contributed by atoms with Gasteiger partial charge in [-0.1, -0.05) is 62.8 Å². The molecule has 1 aliphatic heterocycles. The number of unbranched alkanes of at least 4 members (excludes halogenated alkanes) is 4. The number of hydrogen-bond donors (Lipinski definition) is 1. The van der Waals surface area contributed by atoms with Crippen LogP contribution >= 0.6 is 11.6 Å². The molecular weight excluding hydrogens is 402 g/mol. The molecule has 1 saturated carbocycles. The number of amides is 1. The molecule has 1 N–H and O–H groups in total. The number of halogens is 1. The predicted molar refractivity (Wildman–Crippen MR) is 121 cm³/mol. The first-order valence-electron chi connectivity index (χ1n) is 11.5. The SMILES string of the molecule is CCCCCCC[C@@H](C/C=C/CCC(=O)NC/C(=C/Cl)[C@]12O[C@H]1CCCC2=O)OC. The molecule has 0 bridgehead atoms. The van der Waals surface area contributed by atoms with Crippen molar-refractivity contribution in [2.45, 2.75) is 102 Å². The number of Topliss-reactive ketones (excluding diaryl/α,β-unsaturated/α-hetero) is 1. The summed E-state index contributed by atoms with van der Waals surface area (Å²) >= 11 is 5.95. The van der Waals surface area contributed by atoms with Crippen LogP contribution < -0.4 is 5.32 Å². The molecule has 0 unspecified atom stereocenters. The van der Waals surface area contributed by atoms with E-state index in [4.69, 9.17) is 21.1 Å². The Morgan fingerprint density at radius 1 is 1.33 bits per heavy atom. The summed E-state index contributed by atoms with van der Waals surface area (Å²) in [7, 11) is 1.77. The Balaban J connectivity index is 1.61. The molecule has 6 heteroatoms. The van der Waals surface area contributed by atoms with Gasteiger partial charge in [-0.2, -0.15) is 0 Å². The second-order valence-corrected chi connectivity index (χ2v) is 8.59. The van der Waals surface area contributed by atoms with Crippen molar-refractivity contribution in [3.05, 3.63) is 23.3 Å². The molecule has 0 radical (unpaired) electrons. The zero-order valence-electron chi connectivity index (χ0n) is 18.6. The van der Waals surface area contributed by atoms with Crippen LogP contribution in [0.4, 0.5) is 0 Å². The molecular formula is C24H38ClNO4. The maximum Gasteiger partial charge on any atom is 0.220 e. The minimum Gasteiger partial charge on any atom is -0.381 e. The molecule has 0 aromatic carbocycles. The average Bonchev–Trinajstić information content (AvgIpc) is 3.49. The zero-order chi connectivity index (χ0) is 21.8. The highest BCUT2D eigenvalue weighted by Crippen LogP contribution is 2.50. The van der Waals surface area contributed by atoms with Gasteiger partial charge in [-0.15, -0.1) is 0 Å². The summed E-state index contributed by atoms with van der Waals surface area (Å²) in [6.45, 7) is 2.49. The molecule has 1 saturated heterocycles. The molecule has 2 aliphatic rings. The van der Waals surface area contributed by atoms with E-state index in [1.165, 1.54) is 37.6 Å². The fourth-order valence-corrected chi connectivity index (χ4v) is 4.45. The maximum absolute atomic E-state index is 12.3. The number of rotatable bonds is 15. The molecule has 2 fully saturated rings. The Bertz CT molecular complexity index is 618. The summed E-state index contributed by atoms with van der Waals surface area (Å²) in [6, 6.07) is 0. The summed E-state index contributed by atoms with van der Waals surface area (Å²) in [5.41, 5.74) is 1.21. The van der Waals surface area contributed by atoms with Crippen LogP contribution in [0.2, 0.25) is 0 Å². The molecule has 3 atom stereocenters. The first-order valence-corrected chi connectivity index (χ1v) is 12.0. The van der Waals surface area contributed by atoms with E-state index in [0.29, 0.717) is 24.8 Å². The Morgan fingerprint density at radius 2 is 2.13 bits per heavy atom. The lowest BCUT2D eigenvalue weighted by atomic mass is 9.83. The van der Waals surface area contributed by atoms with Gasteiger partial charge in [-0.05, 0) is 32.1 Å². The largest absolute Gasteiger partial charge is 0.381 e. The predicted octanol–water partition coefficient (Wildman–Crippen LogP) is 5.22. The molecule has 1 aliphatic carbocycles. The van der Waals surface area contributed by atoms with Crippen LogP contribution in [0, 0.1) is 0 Å². The van der Waals surface area contributed by atoms with Gasteiger partial charge in [0, 0.05) is 37.6 Å². The number of methoxy groups -OCH3 is 1. The number of fused-ring (bicyclic) bond motifs is 1. The number of ether oxygens (including phenoxy) is 2. The average molecular weight is 440 g/mol. The van der Waals surface area contributed by atoms with Crippen molar-refractivity contribution in [1.82, 2.24) is 5.32 Å². The van der Waals surface area contributed by atoms with Gasteiger partial charge < -0.3 is 14.8 Å². The first-order chi connectivity index (χ1) is 14.6. The van der Waals surface area contributed by atoms with Crippen LogP contribution in [-0.4, -0.2) is 43.2 Å². The normalized spacial score (nSPS) is 24.7. The van der Waals surface area contributed by atoms with E-state index in [9.17, 15) is 9.59 Å². The fourth-order valence-electron chi connectivity index (χ4n) is 4.21. The van der Waals surface area contributed by atoms with Gasteiger partial charge in [0.1, 0.15) is 0 Å². The van der Waals surface area contributed by atoms with E-state index < -0.39 is 5.60 Å². The standard InChI is InChI=1S/C24H38ClNO4/c1-3-4-5-6-8-12-20(29-2)13-9-7-10-16-23(28)26-18-19(17-25)24-21(27)14-11-15-22(24)30-24/h7,9,17,20,22H,3-6,8,10-16,18H2,1-2H3,(H,26,28)/b9-7+,19-17-/t20-,22-,24+/m0/s1. The smallest absolute Gasteiger partial charge is 0.220 e. The lowest BCUT2D eigenvalue weighted by molar-refractivity contribution is -0.124. The van der Waals surface area contributed by atoms with E-state index in [-0.39, 0.29) is 30.4 Å². The number of nitrogens with one attached hydrogen (secondary N) is 1. The van der Waals surface area contributed by atoms with E-state index in [0.717, 1.165) is 25.7 Å². The molecule has 1 heterocycles. The second kappa shape index (κ2) is 13.3. The Morgan fingerprint density at radius 3 is 2.83 bits per heavy atom. The number of ketones is 1. The number of allylic oxidation sites excluding steroid dienone is 1. The monoisotopic (exact) mass is 439 g/mol. The minimum absolute atomic E-state index is 0.0493. The molecule has 1 amide bonds. The van der Waals surface area contributed by atoms with Gasteiger partial charge in [0.05, 0.1) is 12.2 Å². The lowest BCUT2D eigenvalue weighted by Gasteiger charge is -2.19. The number of carbonyl (C=O) groups excluding carboxylic acids is 2. The second-order valence-electron chi connectivity index (χ2n) is 8.38. The van der Waals surface area contributed by atoms with Crippen molar-refractivity contribution in [3.63, 3.8) is 0 Å². The number of carbonyl (C=O) groups is 2. The van der Waals surface area contributed by atoms with Crippen molar-refractivity contribution < 1.29 is 19.1 Å². The highest BCUT2D eigenvalue weighted by Gasteiger charge is 2.65. The molecule has 0 aromatic rings. The van der Waals surface area contributed by atoms with Crippen LogP contribution in [0.1, 0.15) is 84.0 Å². The van der Waals surface area contributed by atoms with Gasteiger partial charge in [0.15, 0.2) is 11.4 Å². The van der Waals surface area contributed by atoms with E-state index in [2.05, 4.69) is 18.3 Å². The number of hydrogen-bond acceptors (Lipinski definition) is 4. The van der Waals surface area contributed by atoms with Crippen LogP contribution in [-0.2, 0) is 19.1 Å². The van der Waals surface area contributed by atoms with Crippen molar-refractivity contribution in [2.75, 3.05) is 13.7 Å². The van der Waals surface area contributed by atoms with Crippen molar-refractivity contribution in [1.29, 1.82) is 0 Å². The maximum atomic E-state index is 12.3. The van der Waals surface area contributed by atoms with Gasteiger partial charge in [0.2, 0.25) is 5.91 Å². The van der Waals surface area contributed by atoms with Crippen LogP contribution in [0.15, 0.2) is 23.3 Å². The molecule has 0 spiro atoms. The minimum atomic E-state index is -0.862. The summed E-state index contributed by atoms with van der Waals surface area (Å²) in [5.74, 6) is 0.0348. The third kappa shape index (κ3) is 7.21. The van der Waals surface area contributed by atoms with Crippen LogP contribution in [0.3, 0.4) is 0 Å². The highest BCUT2D eigenvalue weighted by molar-refractivity contribution is 6.26. The Hall–Kier alpha value is -1.17. The highest BCUT2D eigenvalue weighted by atomic mass is 35.5. The van der Waals surface area contributed by atoms with E-state index in [1.54, 1.807) is 7.11 Å². The fraction of sp³-hybridized carbons (Fsp3) is 0.750. The van der Waals surface area contributed by atoms with E-state index >= 15 is 0 Å². The molecule has 5 nitrogen and oxygen atoms in total. The topological polar surface area (TPSA) is 67.9 Å². The lowest BCUT2D eigenvalue weighted by Crippen LogP contribution is -2.38. The summed E-state index contributed by atoms with van der Waals surface area (Å²) in [6.07, 6.45) is 16.0. The number of epoxide rings is 1. The molecule has 170 valence electrons. The molecule has 0 aromatic heterocycles. The molecule has 2 rings (SSSR count).